The number of primary amides is 1. The SMILES string of the molecule is CC(C)N1CCCC(Nc2cc(C(N)=O)ccc2Cl)CC1. The molecular formula is C16H24ClN3O. The van der Waals surface area contributed by atoms with Gasteiger partial charge in [0.15, 0.2) is 0 Å². The second kappa shape index (κ2) is 7.14. The molecule has 21 heavy (non-hydrogen) atoms. The zero-order valence-corrected chi connectivity index (χ0v) is 13.5. The van der Waals surface area contributed by atoms with Crippen molar-refractivity contribution < 1.29 is 4.79 Å². The molecule has 1 aromatic carbocycles. The zero-order valence-electron chi connectivity index (χ0n) is 12.7. The van der Waals surface area contributed by atoms with Crippen LogP contribution in [0.5, 0.6) is 0 Å². The first-order valence-corrected chi connectivity index (χ1v) is 7.95. The molecule has 1 fully saturated rings. The van der Waals surface area contributed by atoms with E-state index in [0.717, 1.165) is 31.6 Å². The number of benzene rings is 1. The summed E-state index contributed by atoms with van der Waals surface area (Å²) in [6, 6.07) is 6.10. The first-order chi connectivity index (χ1) is 9.97. The van der Waals surface area contributed by atoms with Crippen molar-refractivity contribution in [1.29, 1.82) is 0 Å². The van der Waals surface area contributed by atoms with Crippen LogP contribution >= 0.6 is 11.6 Å². The molecule has 0 spiro atoms. The second-order valence-corrected chi connectivity index (χ2v) is 6.37. The molecule has 1 aliphatic heterocycles. The van der Waals surface area contributed by atoms with Gasteiger partial charge in [0.25, 0.3) is 0 Å². The highest BCUT2D eigenvalue weighted by Crippen LogP contribution is 2.26. The molecule has 1 amide bonds. The highest BCUT2D eigenvalue weighted by Gasteiger charge is 2.19. The lowest BCUT2D eigenvalue weighted by molar-refractivity contribution is 0.100. The number of anilines is 1. The van der Waals surface area contributed by atoms with Crippen LogP contribution in [0.25, 0.3) is 0 Å². The van der Waals surface area contributed by atoms with Crippen molar-refractivity contribution in [3.63, 3.8) is 0 Å². The Morgan fingerprint density at radius 2 is 2.14 bits per heavy atom. The maximum Gasteiger partial charge on any atom is 0.248 e. The standard InChI is InChI=1S/C16H24ClN3O/c1-11(2)20-8-3-4-13(7-9-20)19-15-10-12(16(18)21)5-6-14(15)17/h5-6,10-11,13,19H,3-4,7-9H2,1-2H3,(H2,18,21). The average molecular weight is 310 g/mol. The van der Waals surface area contributed by atoms with Gasteiger partial charge in [-0.05, 0) is 57.9 Å². The predicted octanol–water partition coefficient (Wildman–Crippen LogP) is 3.11. The topological polar surface area (TPSA) is 58.4 Å². The van der Waals surface area contributed by atoms with Crippen molar-refractivity contribution >= 4 is 23.2 Å². The molecule has 0 aliphatic carbocycles. The van der Waals surface area contributed by atoms with Gasteiger partial charge in [-0.1, -0.05) is 11.6 Å². The summed E-state index contributed by atoms with van der Waals surface area (Å²) in [7, 11) is 0. The fourth-order valence-electron chi connectivity index (χ4n) is 2.79. The molecule has 0 saturated carbocycles. The number of likely N-dealkylation sites (tertiary alicyclic amines) is 1. The molecule has 0 aromatic heterocycles. The average Bonchev–Trinajstić information content (AvgIpc) is 2.66. The maximum atomic E-state index is 11.3. The van der Waals surface area contributed by atoms with E-state index in [1.807, 2.05) is 0 Å². The molecule has 116 valence electrons. The summed E-state index contributed by atoms with van der Waals surface area (Å²) in [5.74, 6) is -0.429. The summed E-state index contributed by atoms with van der Waals surface area (Å²) in [6.45, 7) is 6.70. The molecule has 1 aromatic rings. The van der Waals surface area contributed by atoms with Crippen LogP contribution in [0, 0.1) is 0 Å². The molecule has 1 unspecified atom stereocenters. The third-order valence-electron chi connectivity index (χ3n) is 4.10. The van der Waals surface area contributed by atoms with Crippen molar-refractivity contribution in [2.75, 3.05) is 18.4 Å². The van der Waals surface area contributed by atoms with E-state index in [9.17, 15) is 4.79 Å². The smallest absolute Gasteiger partial charge is 0.248 e. The third kappa shape index (κ3) is 4.35. The summed E-state index contributed by atoms with van der Waals surface area (Å²) in [5, 5.41) is 4.11. The van der Waals surface area contributed by atoms with E-state index in [-0.39, 0.29) is 0 Å². The minimum atomic E-state index is -0.429. The summed E-state index contributed by atoms with van der Waals surface area (Å²) in [4.78, 5) is 13.8. The fraction of sp³-hybridized carbons (Fsp3) is 0.562. The summed E-state index contributed by atoms with van der Waals surface area (Å²) in [5.41, 5.74) is 6.61. The van der Waals surface area contributed by atoms with E-state index in [2.05, 4.69) is 24.1 Å². The van der Waals surface area contributed by atoms with E-state index >= 15 is 0 Å². The largest absolute Gasteiger partial charge is 0.381 e. The first-order valence-electron chi connectivity index (χ1n) is 7.57. The number of nitrogens with two attached hydrogens (primary N) is 1. The van der Waals surface area contributed by atoms with E-state index in [0.29, 0.717) is 22.7 Å². The lowest BCUT2D eigenvalue weighted by Crippen LogP contribution is -2.32. The van der Waals surface area contributed by atoms with Crippen LogP contribution in [0.4, 0.5) is 5.69 Å². The zero-order chi connectivity index (χ0) is 15.4. The fourth-order valence-corrected chi connectivity index (χ4v) is 2.96. The van der Waals surface area contributed by atoms with Crippen LogP contribution < -0.4 is 11.1 Å². The Hall–Kier alpha value is -1.26. The third-order valence-corrected chi connectivity index (χ3v) is 4.43. The number of rotatable bonds is 4. The van der Waals surface area contributed by atoms with Crippen molar-refractivity contribution in [3.8, 4) is 0 Å². The van der Waals surface area contributed by atoms with Gasteiger partial charge in [-0.25, -0.2) is 0 Å². The molecule has 5 heteroatoms. The van der Waals surface area contributed by atoms with Crippen LogP contribution in [0.2, 0.25) is 5.02 Å². The van der Waals surface area contributed by atoms with Crippen LogP contribution in [0.15, 0.2) is 18.2 Å². The molecule has 4 nitrogen and oxygen atoms in total. The Morgan fingerprint density at radius 3 is 2.81 bits per heavy atom. The lowest BCUT2D eigenvalue weighted by atomic mass is 10.1. The van der Waals surface area contributed by atoms with Crippen molar-refractivity contribution in [3.05, 3.63) is 28.8 Å². The van der Waals surface area contributed by atoms with Gasteiger partial charge in [-0.2, -0.15) is 0 Å². The maximum absolute atomic E-state index is 11.3. The molecule has 1 atom stereocenters. The predicted molar refractivity (Wildman–Crippen MR) is 87.9 cm³/mol. The van der Waals surface area contributed by atoms with Crippen LogP contribution in [0.1, 0.15) is 43.5 Å². The molecule has 0 radical (unpaired) electrons. The summed E-state index contributed by atoms with van der Waals surface area (Å²) in [6.07, 6.45) is 3.36. The number of nitrogens with zero attached hydrogens (tertiary/aromatic N) is 1. The first kappa shape index (κ1) is 16.1. The lowest BCUT2D eigenvalue weighted by Gasteiger charge is -2.24. The molecular weight excluding hydrogens is 286 g/mol. The van der Waals surface area contributed by atoms with Gasteiger partial charge in [0, 0.05) is 24.2 Å². The number of amides is 1. The Labute approximate surface area is 131 Å². The monoisotopic (exact) mass is 309 g/mol. The Morgan fingerprint density at radius 1 is 1.38 bits per heavy atom. The van der Waals surface area contributed by atoms with Gasteiger partial charge in [-0.3, -0.25) is 4.79 Å². The number of carbonyl (C=O) groups is 1. The van der Waals surface area contributed by atoms with E-state index in [1.54, 1.807) is 18.2 Å². The highest BCUT2D eigenvalue weighted by atomic mass is 35.5. The van der Waals surface area contributed by atoms with Crippen LogP contribution in [0.3, 0.4) is 0 Å². The Bertz CT molecular complexity index is 504. The normalized spacial score (nSPS) is 20.3. The minimum absolute atomic E-state index is 0.384. The van der Waals surface area contributed by atoms with Crippen LogP contribution in [-0.2, 0) is 0 Å². The Balaban J connectivity index is 2.04. The quantitative estimate of drug-likeness (QED) is 0.898. The van der Waals surface area contributed by atoms with Crippen molar-refractivity contribution in [2.24, 2.45) is 5.73 Å². The molecule has 0 bridgehead atoms. The molecule has 1 heterocycles. The number of carbonyl (C=O) groups excluding carboxylic acids is 1. The molecule has 2 rings (SSSR count). The van der Waals surface area contributed by atoms with Crippen molar-refractivity contribution in [1.82, 2.24) is 4.90 Å². The van der Waals surface area contributed by atoms with Gasteiger partial charge in [0.2, 0.25) is 5.91 Å². The summed E-state index contributed by atoms with van der Waals surface area (Å²) < 4.78 is 0. The molecule has 1 aliphatic rings. The number of hydrogen-bond acceptors (Lipinski definition) is 3. The minimum Gasteiger partial charge on any atom is -0.381 e. The van der Waals surface area contributed by atoms with Gasteiger partial charge < -0.3 is 16.0 Å². The van der Waals surface area contributed by atoms with Gasteiger partial charge >= 0.3 is 0 Å². The van der Waals surface area contributed by atoms with Crippen LogP contribution in [-0.4, -0.2) is 36.0 Å². The number of nitrogens with one attached hydrogen (secondary N) is 1. The molecule has 3 N–H and O–H groups in total. The number of halogens is 1. The van der Waals surface area contributed by atoms with E-state index < -0.39 is 5.91 Å². The van der Waals surface area contributed by atoms with Gasteiger partial charge in [0.1, 0.15) is 0 Å². The second-order valence-electron chi connectivity index (χ2n) is 5.96. The van der Waals surface area contributed by atoms with Crippen molar-refractivity contribution in [2.45, 2.75) is 45.2 Å². The Kier molecular flexibility index (Phi) is 5.48. The summed E-state index contributed by atoms with van der Waals surface area (Å²) >= 11 is 6.22. The number of hydrogen-bond donors (Lipinski definition) is 2. The van der Waals surface area contributed by atoms with E-state index in [4.69, 9.17) is 17.3 Å². The van der Waals surface area contributed by atoms with Gasteiger partial charge in [-0.15, -0.1) is 0 Å². The van der Waals surface area contributed by atoms with Gasteiger partial charge in [0.05, 0.1) is 10.7 Å². The molecule has 1 saturated heterocycles. The van der Waals surface area contributed by atoms with E-state index in [1.165, 1.54) is 6.42 Å². The highest BCUT2D eigenvalue weighted by molar-refractivity contribution is 6.33.